The van der Waals surface area contributed by atoms with Crippen molar-refractivity contribution in [2.24, 2.45) is 0 Å². The van der Waals surface area contributed by atoms with E-state index in [1.807, 2.05) is 43.3 Å². The van der Waals surface area contributed by atoms with Crippen LogP contribution in [0.15, 0.2) is 54.6 Å². The molecule has 20 heavy (non-hydrogen) atoms. The number of hydrogen-bond donors (Lipinski definition) is 2. The predicted octanol–water partition coefficient (Wildman–Crippen LogP) is 3.82. The molecule has 0 aromatic heterocycles. The fourth-order valence-electron chi connectivity index (χ4n) is 2.08. The Balaban J connectivity index is 2.19. The molecule has 0 amide bonds. The van der Waals surface area contributed by atoms with Crippen LogP contribution in [0.3, 0.4) is 0 Å². The fourth-order valence-corrected chi connectivity index (χ4v) is 2.28. The van der Waals surface area contributed by atoms with Crippen LogP contribution in [0.1, 0.15) is 30.1 Å². The molecule has 2 aromatic rings. The Hall–Kier alpha value is -1.84. The van der Waals surface area contributed by atoms with E-state index in [2.05, 4.69) is 5.32 Å². The first-order valence-corrected chi connectivity index (χ1v) is 6.75. The first-order chi connectivity index (χ1) is 9.58. The molecule has 0 heterocycles. The van der Waals surface area contributed by atoms with E-state index in [1.165, 1.54) is 0 Å². The molecule has 2 N–H and O–H groups in total. The van der Waals surface area contributed by atoms with Crippen molar-refractivity contribution in [2.45, 2.75) is 19.0 Å². The number of aliphatic carboxylic acids is 1. The summed E-state index contributed by atoms with van der Waals surface area (Å²) in [5, 5.41) is 13.1. The fraction of sp³-hybridized carbons (Fsp3) is 0.188. The molecule has 0 fully saturated rings. The number of benzene rings is 2. The van der Waals surface area contributed by atoms with Crippen molar-refractivity contribution in [3.63, 3.8) is 0 Å². The van der Waals surface area contributed by atoms with Gasteiger partial charge in [-0.05, 0) is 30.2 Å². The zero-order valence-electron chi connectivity index (χ0n) is 11.1. The SMILES string of the molecule is C[C@@H](NC(C(=O)O)c1ccccc1)c1cccc(Cl)c1. The second-order valence-corrected chi connectivity index (χ2v) is 5.06. The van der Waals surface area contributed by atoms with Crippen molar-refractivity contribution in [3.05, 3.63) is 70.7 Å². The number of halogens is 1. The minimum Gasteiger partial charge on any atom is -0.480 e. The topological polar surface area (TPSA) is 49.3 Å². The lowest BCUT2D eigenvalue weighted by Gasteiger charge is -2.21. The van der Waals surface area contributed by atoms with Crippen molar-refractivity contribution in [2.75, 3.05) is 0 Å². The first-order valence-electron chi connectivity index (χ1n) is 6.37. The summed E-state index contributed by atoms with van der Waals surface area (Å²) in [6.45, 7) is 1.92. The average Bonchev–Trinajstić information content (AvgIpc) is 2.45. The lowest BCUT2D eigenvalue weighted by atomic mass is 10.0. The molecule has 2 rings (SSSR count). The molecular formula is C16H16ClNO2. The minimum absolute atomic E-state index is 0.116. The van der Waals surface area contributed by atoms with Gasteiger partial charge in [-0.1, -0.05) is 54.1 Å². The van der Waals surface area contributed by atoms with Gasteiger partial charge in [0.1, 0.15) is 6.04 Å². The number of nitrogens with one attached hydrogen (secondary N) is 1. The van der Waals surface area contributed by atoms with Crippen LogP contribution in [0.4, 0.5) is 0 Å². The highest BCUT2D eigenvalue weighted by Gasteiger charge is 2.21. The van der Waals surface area contributed by atoms with Gasteiger partial charge in [0, 0.05) is 11.1 Å². The summed E-state index contributed by atoms with van der Waals surface area (Å²) in [7, 11) is 0. The lowest BCUT2D eigenvalue weighted by molar-refractivity contribution is -0.139. The van der Waals surface area contributed by atoms with E-state index in [1.54, 1.807) is 18.2 Å². The molecule has 1 unspecified atom stereocenters. The van der Waals surface area contributed by atoms with Crippen LogP contribution in [0, 0.1) is 0 Å². The maximum atomic E-state index is 11.4. The summed E-state index contributed by atoms with van der Waals surface area (Å²) in [6, 6.07) is 15.7. The molecule has 0 aliphatic rings. The second kappa shape index (κ2) is 6.55. The van der Waals surface area contributed by atoms with Crippen LogP contribution in [0.25, 0.3) is 0 Å². The van der Waals surface area contributed by atoms with Crippen LogP contribution >= 0.6 is 11.6 Å². The number of carbonyl (C=O) groups is 1. The molecule has 0 radical (unpaired) electrons. The Morgan fingerprint density at radius 1 is 1.10 bits per heavy atom. The Labute approximate surface area is 123 Å². The molecular weight excluding hydrogens is 274 g/mol. The van der Waals surface area contributed by atoms with Gasteiger partial charge in [0.15, 0.2) is 0 Å². The van der Waals surface area contributed by atoms with Crippen LogP contribution in [0.2, 0.25) is 5.02 Å². The first kappa shape index (κ1) is 14.6. The lowest BCUT2D eigenvalue weighted by Crippen LogP contribution is -2.30. The third kappa shape index (κ3) is 3.59. The van der Waals surface area contributed by atoms with E-state index in [0.29, 0.717) is 5.02 Å². The smallest absolute Gasteiger partial charge is 0.325 e. The molecule has 0 spiro atoms. The number of hydrogen-bond acceptors (Lipinski definition) is 2. The van der Waals surface area contributed by atoms with E-state index in [4.69, 9.17) is 11.6 Å². The van der Waals surface area contributed by atoms with Gasteiger partial charge in [-0.25, -0.2) is 0 Å². The van der Waals surface area contributed by atoms with Crippen LogP contribution in [-0.4, -0.2) is 11.1 Å². The Morgan fingerprint density at radius 2 is 1.75 bits per heavy atom. The summed E-state index contributed by atoms with van der Waals surface area (Å²) in [5.74, 6) is -0.898. The van der Waals surface area contributed by atoms with Crippen molar-refractivity contribution in [1.82, 2.24) is 5.32 Å². The summed E-state index contributed by atoms with van der Waals surface area (Å²) in [5.41, 5.74) is 1.69. The standard InChI is InChI=1S/C16H16ClNO2/c1-11(13-8-5-9-14(17)10-13)18-15(16(19)20)12-6-3-2-4-7-12/h2-11,15,18H,1H3,(H,19,20)/t11-,15?/m1/s1. The molecule has 2 atom stereocenters. The third-order valence-corrected chi connectivity index (χ3v) is 3.38. The van der Waals surface area contributed by atoms with E-state index in [-0.39, 0.29) is 6.04 Å². The second-order valence-electron chi connectivity index (χ2n) is 4.63. The molecule has 3 nitrogen and oxygen atoms in total. The third-order valence-electron chi connectivity index (χ3n) is 3.15. The van der Waals surface area contributed by atoms with Gasteiger partial charge >= 0.3 is 5.97 Å². The maximum Gasteiger partial charge on any atom is 0.325 e. The average molecular weight is 290 g/mol. The van der Waals surface area contributed by atoms with Crippen molar-refractivity contribution >= 4 is 17.6 Å². The van der Waals surface area contributed by atoms with Gasteiger partial charge in [0.25, 0.3) is 0 Å². The van der Waals surface area contributed by atoms with Crippen LogP contribution < -0.4 is 5.32 Å². The quantitative estimate of drug-likeness (QED) is 0.880. The Kier molecular flexibility index (Phi) is 4.77. The van der Waals surface area contributed by atoms with Crippen molar-refractivity contribution in [3.8, 4) is 0 Å². The summed E-state index contributed by atoms with van der Waals surface area (Å²) >= 11 is 5.96. The van der Waals surface area contributed by atoms with Gasteiger partial charge in [-0.15, -0.1) is 0 Å². The van der Waals surface area contributed by atoms with Crippen molar-refractivity contribution < 1.29 is 9.90 Å². The maximum absolute atomic E-state index is 11.4. The van der Waals surface area contributed by atoms with Gasteiger partial charge in [-0.3, -0.25) is 10.1 Å². The van der Waals surface area contributed by atoms with Gasteiger partial charge in [-0.2, -0.15) is 0 Å². The molecule has 2 aromatic carbocycles. The summed E-state index contributed by atoms with van der Waals surface area (Å²) in [4.78, 5) is 11.4. The molecule has 0 saturated carbocycles. The molecule has 0 aliphatic heterocycles. The summed E-state index contributed by atoms with van der Waals surface area (Å²) in [6.07, 6.45) is 0. The van der Waals surface area contributed by atoms with E-state index < -0.39 is 12.0 Å². The van der Waals surface area contributed by atoms with E-state index in [9.17, 15) is 9.90 Å². The Morgan fingerprint density at radius 3 is 2.35 bits per heavy atom. The number of carboxylic acid groups (broad SMARTS) is 1. The molecule has 104 valence electrons. The van der Waals surface area contributed by atoms with Crippen LogP contribution in [-0.2, 0) is 4.79 Å². The van der Waals surface area contributed by atoms with Gasteiger partial charge in [0.05, 0.1) is 0 Å². The molecule has 0 aliphatic carbocycles. The largest absolute Gasteiger partial charge is 0.480 e. The number of rotatable bonds is 5. The number of carboxylic acids is 1. The monoisotopic (exact) mass is 289 g/mol. The van der Waals surface area contributed by atoms with Crippen molar-refractivity contribution in [1.29, 1.82) is 0 Å². The molecule has 4 heteroatoms. The minimum atomic E-state index is -0.898. The molecule has 0 saturated heterocycles. The van der Waals surface area contributed by atoms with Gasteiger partial charge in [0.2, 0.25) is 0 Å². The molecule has 0 bridgehead atoms. The highest BCUT2D eigenvalue weighted by molar-refractivity contribution is 6.30. The predicted molar refractivity (Wildman–Crippen MR) is 79.8 cm³/mol. The van der Waals surface area contributed by atoms with E-state index >= 15 is 0 Å². The highest BCUT2D eigenvalue weighted by Crippen LogP contribution is 2.22. The Bertz CT molecular complexity index is 586. The zero-order valence-corrected chi connectivity index (χ0v) is 11.8. The zero-order chi connectivity index (χ0) is 14.5. The highest BCUT2D eigenvalue weighted by atomic mass is 35.5. The van der Waals surface area contributed by atoms with E-state index in [0.717, 1.165) is 11.1 Å². The summed E-state index contributed by atoms with van der Waals surface area (Å²) < 4.78 is 0. The van der Waals surface area contributed by atoms with Gasteiger partial charge < -0.3 is 5.11 Å². The normalized spacial score (nSPS) is 13.7. The van der Waals surface area contributed by atoms with Crippen LogP contribution in [0.5, 0.6) is 0 Å².